The first kappa shape index (κ1) is 25.0. The number of carboxylic acids is 1. The molecule has 0 spiro atoms. The first-order valence-electron chi connectivity index (χ1n) is 13.0. The third-order valence-electron chi connectivity index (χ3n) is 7.54. The van der Waals surface area contributed by atoms with Crippen molar-refractivity contribution >= 4 is 11.9 Å². The first-order chi connectivity index (χ1) is 17.9. The molecule has 6 heteroatoms. The van der Waals surface area contributed by atoms with Gasteiger partial charge in [-0.2, -0.15) is 0 Å². The van der Waals surface area contributed by atoms with Gasteiger partial charge in [-0.15, -0.1) is 0 Å². The Labute approximate surface area is 217 Å². The fourth-order valence-corrected chi connectivity index (χ4v) is 5.48. The van der Waals surface area contributed by atoms with Crippen LogP contribution in [-0.2, 0) is 33.9 Å². The Bertz CT molecular complexity index is 1240. The van der Waals surface area contributed by atoms with Crippen molar-refractivity contribution in [3.63, 3.8) is 0 Å². The summed E-state index contributed by atoms with van der Waals surface area (Å²) in [6, 6.07) is 24.0. The van der Waals surface area contributed by atoms with Crippen molar-refractivity contribution in [2.75, 3.05) is 0 Å². The van der Waals surface area contributed by atoms with Crippen molar-refractivity contribution in [2.45, 2.75) is 69.9 Å². The van der Waals surface area contributed by atoms with Crippen LogP contribution in [0.25, 0.3) is 0 Å². The van der Waals surface area contributed by atoms with E-state index in [0.29, 0.717) is 12.4 Å². The quantitative estimate of drug-likeness (QED) is 0.431. The monoisotopic (exact) mass is 499 g/mol. The van der Waals surface area contributed by atoms with Crippen LogP contribution in [0.4, 0.5) is 0 Å². The van der Waals surface area contributed by atoms with Gasteiger partial charge in [-0.05, 0) is 42.5 Å². The number of hydrogen-bond donors (Lipinski definition) is 1. The molecule has 1 aliphatic carbocycles. The maximum absolute atomic E-state index is 14.1. The Morgan fingerprint density at radius 3 is 2.32 bits per heavy atom. The second-order valence-corrected chi connectivity index (χ2v) is 10.3. The van der Waals surface area contributed by atoms with E-state index in [4.69, 9.17) is 9.47 Å². The van der Waals surface area contributed by atoms with Gasteiger partial charge in [0, 0.05) is 18.5 Å². The molecule has 37 heavy (non-hydrogen) atoms. The number of fused-ring (bicyclic) bond motifs is 1. The number of aliphatic carboxylic acids is 1. The van der Waals surface area contributed by atoms with Crippen LogP contribution in [0, 0.1) is 0 Å². The van der Waals surface area contributed by atoms with Gasteiger partial charge in [0.2, 0.25) is 0 Å². The predicted octanol–water partition coefficient (Wildman–Crippen LogP) is 5.69. The second-order valence-electron chi connectivity index (χ2n) is 10.3. The van der Waals surface area contributed by atoms with Crippen LogP contribution in [-0.4, -0.2) is 33.5 Å². The maximum Gasteiger partial charge on any atom is 0.326 e. The van der Waals surface area contributed by atoms with Crippen molar-refractivity contribution in [3.05, 3.63) is 101 Å². The molecule has 1 aliphatic heterocycles. The van der Waals surface area contributed by atoms with E-state index in [2.05, 4.69) is 6.92 Å². The van der Waals surface area contributed by atoms with Crippen molar-refractivity contribution in [1.82, 2.24) is 4.90 Å². The molecule has 0 saturated heterocycles. The minimum absolute atomic E-state index is 0.181. The summed E-state index contributed by atoms with van der Waals surface area (Å²) in [5, 5.41) is 10.2. The van der Waals surface area contributed by atoms with Gasteiger partial charge in [-0.1, -0.05) is 85.6 Å². The summed E-state index contributed by atoms with van der Waals surface area (Å²) in [4.78, 5) is 28.0. The molecule has 5 rings (SSSR count). The average Bonchev–Trinajstić information content (AvgIpc) is 3.36. The minimum atomic E-state index is -1.03. The molecule has 0 aromatic heterocycles. The molecule has 6 nitrogen and oxygen atoms in total. The topological polar surface area (TPSA) is 76.1 Å². The number of rotatable bonds is 8. The molecule has 1 heterocycles. The number of benzene rings is 3. The standard InChI is InChI=1S/C31H33NO5/c1-31(17-8-9-18-31)37-28(23-13-6-3-7-14-23)29(33)32-20-24-15-10-16-27(25(24)19-26(32)30(34)35)36-21-22-11-4-2-5-12-22/h2-7,10-16,26,28H,8-9,17-21H2,1H3,(H,34,35). The largest absolute Gasteiger partial charge is 0.489 e. The lowest BCUT2D eigenvalue weighted by atomic mass is 9.92. The Balaban J connectivity index is 1.43. The molecule has 3 aromatic rings. The number of carbonyl (C=O) groups is 2. The Morgan fingerprint density at radius 1 is 0.973 bits per heavy atom. The summed E-state index contributed by atoms with van der Waals surface area (Å²) in [6.07, 6.45) is 3.22. The number of hydrogen-bond acceptors (Lipinski definition) is 4. The van der Waals surface area contributed by atoms with Gasteiger partial charge in [0.25, 0.3) is 5.91 Å². The lowest BCUT2D eigenvalue weighted by Crippen LogP contribution is -2.51. The van der Waals surface area contributed by atoms with Gasteiger partial charge < -0.3 is 19.5 Å². The summed E-state index contributed by atoms with van der Waals surface area (Å²) in [5.41, 5.74) is 3.12. The highest BCUT2D eigenvalue weighted by molar-refractivity contribution is 5.88. The number of carboxylic acid groups (broad SMARTS) is 1. The zero-order chi connectivity index (χ0) is 25.8. The molecule has 1 saturated carbocycles. The van der Waals surface area contributed by atoms with E-state index in [0.717, 1.165) is 47.9 Å². The molecule has 192 valence electrons. The van der Waals surface area contributed by atoms with Crippen LogP contribution < -0.4 is 4.74 Å². The molecule has 3 aromatic carbocycles. The fourth-order valence-electron chi connectivity index (χ4n) is 5.48. The number of carbonyl (C=O) groups excluding carboxylic acids is 1. The van der Waals surface area contributed by atoms with Crippen LogP contribution in [0.5, 0.6) is 5.75 Å². The zero-order valence-electron chi connectivity index (χ0n) is 21.1. The molecule has 2 unspecified atom stereocenters. The van der Waals surface area contributed by atoms with E-state index in [9.17, 15) is 14.7 Å². The van der Waals surface area contributed by atoms with E-state index in [1.807, 2.05) is 78.9 Å². The highest BCUT2D eigenvalue weighted by atomic mass is 16.5. The SMILES string of the molecule is CC1(OC(C(=O)N2Cc3cccc(OCc4ccccc4)c3CC2C(=O)O)c2ccccc2)CCCC1. The van der Waals surface area contributed by atoms with Crippen LogP contribution in [0.15, 0.2) is 78.9 Å². The molecule has 0 bridgehead atoms. The molecular weight excluding hydrogens is 466 g/mol. The van der Waals surface area contributed by atoms with Crippen LogP contribution in [0.1, 0.15) is 61.0 Å². The predicted molar refractivity (Wildman–Crippen MR) is 140 cm³/mol. The third kappa shape index (κ3) is 5.54. The minimum Gasteiger partial charge on any atom is -0.489 e. The highest BCUT2D eigenvalue weighted by Gasteiger charge is 2.42. The molecule has 1 amide bonds. The smallest absolute Gasteiger partial charge is 0.326 e. The van der Waals surface area contributed by atoms with Gasteiger partial charge in [-0.3, -0.25) is 4.79 Å². The van der Waals surface area contributed by atoms with E-state index in [1.54, 1.807) is 0 Å². The van der Waals surface area contributed by atoms with Gasteiger partial charge in [-0.25, -0.2) is 4.79 Å². The Morgan fingerprint density at radius 2 is 1.65 bits per heavy atom. The van der Waals surface area contributed by atoms with Crippen molar-refractivity contribution in [3.8, 4) is 5.75 Å². The van der Waals surface area contributed by atoms with E-state index in [1.165, 1.54) is 4.90 Å². The summed E-state index contributed by atoms with van der Waals surface area (Å²) in [5.74, 6) is -0.683. The van der Waals surface area contributed by atoms with Crippen LogP contribution >= 0.6 is 0 Å². The van der Waals surface area contributed by atoms with Gasteiger partial charge in [0.05, 0.1) is 5.60 Å². The molecule has 0 radical (unpaired) electrons. The summed E-state index contributed by atoms with van der Waals surface area (Å²) in [6.45, 7) is 2.64. The second kappa shape index (κ2) is 10.8. The van der Waals surface area contributed by atoms with Crippen molar-refractivity contribution in [2.24, 2.45) is 0 Å². The van der Waals surface area contributed by atoms with Crippen LogP contribution in [0.2, 0.25) is 0 Å². The molecule has 2 aliphatic rings. The molecule has 2 atom stereocenters. The summed E-state index contributed by atoms with van der Waals surface area (Å²) in [7, 11) is 0. The molecule has 1 fully saturated rings. The third-order valence-corrected chi connectivity index (χ3v) is 7.54. The highest BCUT2D eigenvalue weighted by Crippen LogP contribution is 2.39. The van der Waals surface area contributed by atoms with Gasteiger partial charge >= 0.3 is 5.97 Å². The zero-order valence-corrected chi connectivity index (χ0v) is 21.1. The maximum atomic E-state index is 14.1. The molecule has 1 N–H and O–H groups in total. The van der Waals surface area contributed by atoms with Gasteiger partial charge in [0.15, 0.2) is 6.10 Å². The molecular formula is C31H33NO5. The average molecular weight is 500 g/mol. The number of amides is 1. The first-order valence-corrected chi connectivity index (χ1v) is 13.0. The normalized spacial score (nSPS) is 19.2. The van der Waals surface area contributed by atoms with Crippen molar-refractivity contribution < 1.29 is 24.2 Å². The lowest BCUT2D eigenvalue weighted by Gasteiger charge is -2.39. The Kier molecular flexibility index (Phi) is 7.28. The Hall–Kier alpha value is -3.64. The fraction of sp³-hybridized carbons (Fsp3) is 0.355. The van der Waals surface area contributed by atoms with Crippen LogP contribution in [0.3, 0.4) is 0 Å². The van der Waals surface area contributed by atoms with E-state index in [-0.39, 0.29) is 18.9 Å². The van der Waals surface area contributed by atoms with Gasteiger partial charge in [0.1, 0.15) is 18.4 Å². The number of nitrogens with zero attached hydrogens (tertiary/aromatic N) is 1. The van der Waals surface area contributed by atoms with E-state index < -0.39 is 23.7 Å². The summed E-state index contributed by atoms with van der Waals surface area (Å²) >= 11 is 0. The summed E-state index contributed by atoms with van der Waals surface area (Å²) < 4.78 is 12.6. The van der Waals surface area contributed by atoms with E-state index >= 15 is 0 Å². The lowest BCUT2D eigenvalue weighted by molar-refractivity contribution is -0.166. The van der Waals surface area contributed by atoms with Crippen molar-refractivity contribution in [1.29, 1.82) is 0 Å². The number of ether oxygens (including phenoxy) is 2.